The van der Waals surface area contributed by atoms with Crippen molar-refractivity contribution in [3.63, 3.8) is 0 Å². The van der Waals surface area contributed by atoms with Crippen LogP contribution in [0.1, 0.15) is 18.5 Å². The molecule has 1 saturated heterocycles. The highest BCUT2D eigenvalue weighted by atomic mass is 15.3. The topological polar surface area (TPSA) is 112 Å². The Balaban J connectivity index is 1.05. The quantitative estimate of drug-likeness (QED) is 0.318. The average molecular weight is 469 g/mol. The van der Waals surface area contributed by atoms with Crippen LogP contribution in [0.15, 0.2) is 61.2 Å². The number of hydrogen-bond acceptors (Lipinski definition) is 8. The number of H-pyrrole nitrogens is 1. The van der Waals surface area contributed by atoms with E-state index in [1.165, 1.54) is 0 Å². The molecular weight excluding hydrogens is 440 g/mol. The minimum atomic E-state index is 0.376. The molecule has 0 radical (unpaired) electrons. The van der Waals surface area contributed by atoms with Gasteiger partial charge in [-0.2, -0.15) is 0 Å². The van der Waals surface area contributed by atoms with Crippen molar-refractivity contribution >= 4 is 34.1 Å². The zero-order valence-corrected chi connectivity index (χ0v) is 19.4. The predicted octanol–water partition coefficient (Wildman–Crippen LogP) is 3.13. The van der Waals surface area contributed by atoms with E-state index in [2.05, 4.69) is 45.0 Å². The standard InChI is InChI=1S/C25H28N10/c1-2-9-27-19(4-1)17-35-23-21(5-3-10-28-23)33-25(35)30-18-7-13-34(14-8-18)15-12-29-24-31-20-6-11-26-16-22(20)32-24/h1-6,9-11,16,18H,7-8,12-15,17H2,(H,30,33)(H2,29,31,32). The van der Waals surface area contributed by atoms with E-state index in [0.29, 0.717) is 12.6 Å². The van der Waals surface area contributed by atoms with E-state index in [4.69, 9.17) is 4.98 Å². The second-order valence-electron chi connectivity index (χ2n) is 8.85. The molecule has 5 aromatic rings. The summed E-state index contributed by atoms with van der Waals surface area (Å²) < 4.78 is 2.14. The molecule has 1 aliphatic rings. The summed E-state index contributed by atoms with van der Waals surface area (Å²) >= 11 is 0. The minimum Gasteiger partial charge on any atom is -0.355 e. The van der Waals surface area contributed by atoms with Crippen LogP contribution in [0, 0.1) is 0 Å². The molecular formula is C25H28N10. The van der Waals surface area contributed by atoms with Crippen LogP contribution in [-0.4, -0.2) is 71.6 Å². The zero-order valence-electron chi connectivity index (χ0n) is 19.4. The Kier molecular flexibility index (Phi) is 5.93. The summed E-state index contributed by atoms with van der Waals surface area (Å²) in [5.41, 5.74) is 4.65. The molecule has 1 aliphatic heterocycles. The summed E-state index contributed by atoms with van der Waals surface area (Å²) in [4.78, 5) is 28.4. The van der Waals surface area contributed by atoms with Gasteiger partial charge in [-0.3, -0.25) is 14.5 Å². The maximum Gasteiger partial charge on any atom is 0.205 e. The fourth-order valence-corrected chi connectivity index (χ4v) is 4.63. The molecule has 35 heavy (non-hydrogen) atoms. The Labute approximate surface area is 202 Å². The Hall–Kier alpha value is -4.05. The lowest BCUT2D eigenvalue weighted by Gasteiger charge is -2.32. The van der Waals surface area contributed by atoms with Gasteiger partial charge in [-0.25, -0.2) is 15.0 Å². The first-order valence-electron chi connectivity index (χ1n) is 12.1. The number of likely N-dealkylation sites (tertiary alicyclic amines) is 1. The Morgan fingerprint density at radius 1 is 0.943 bits per heavy atom. The lowest BCUT2D eigenvalue weighted by atomic mass is 10.1. The highest BCUT2D eigenvalue weighted by Gasteiger charge is 2.22. The van der Waals surface area contributed by atoms with Gasteiger partial charge in [-0.15, -0.1) is 0 Å². The number of pyridine rings is 3. The first-order chi connectivity index (χ1) is 17.3. The number of nitrogens with one attached hydrogen (secondary N) is 3. The lowest BCUT2D eigenvalue weighted by molar-refractivity contribution is 0.226. The van der Waals surface area contributed by atoms with Gasteiger partial charge in [-0.05, 0) is 43.2 Å². The van der Waals surface area contributed by atoms with Crippen LogP contribution in [-0.2, 0) is 6.54 Å². The first-order valence-corrected chi connectivity index (χ1v) is 12.1. The summed E-state index contributed by atoms with van der Waals surface area (Å²) in [7, 11) is 0. The third kappa shape index (κ3) is 4.78. The highest BCUT2D eigenvalue weighted by Crippen LogP contribution is 2.22. The third-order valence-electron chi connectivity index (χ3n) is 6.47. The summed E-state index contributed by atoms with van der Waals surface area (Å²) in [6.07, 6.45) is 9.33. The van der Waals surface area contributed by atoms with Gasteiger partial charge in [0.05, 0.1) is 29.5 Å². The number of nitrogens with zero attached hydrogens (tertiary/aromatic N) is 7. The van der Waals surface area contributed by atoms with E-state index >= 15 is 0 Å². The SMILES string of the molecule is c1ccc(Cn2c(NC3CCN(CCNc4nc5ccncc5[nH]4)CC3)nc3cccnc32)nc1. The predicted molar refractivity (Wildman–Crippen MR) is 136 cm³/mol. The fourth-order valence-electron chi connectivity index (χ4n) is 4.63. The van der Waals surface area contributed by atoms with E-state index in [1.54, 1.807) is 12.4 Å². The summed E-state index contributed by atoms with van der Waals surface area (Å²) in [6, 6.07) is 12.2. The molecule has 0 amide bonds. The maximum absolute atomic E-state index is 4.85. The lowest BCUT2D eigenvalue weighted by Crippen LogP contribution is -2.41. The molecule has 0 saturated carbocycles. The molecule has 0 unspecified atom stereocenters. The van der Waals surface area contributed by atoms with Crippen molar-refractivity contribution in [2.75, 3.05) is 36.8 Å². The normalized spacial score (nSPS) is 15.1. The van der Waals surface area contributed by atoms with Gasteiger partial charge in [-0.1, -0.05) is 6.07 Å². The van der Waals surface area contributed by atoms with Crippen molar-refractivity contribution < 1.29 is 0 Å². The number of fused-ring (bicyclic) bond motifs is 2. The van der Waals surface area contributed by atoms with Gasteiger partial charge in [0.1, 0.15) is 5.52 Å². The van der Waals surface area contributed by atoms with Crippen LogP contribution < -0.4 is 10.6 Å². The molecule has 3 N–H and O–H groups in total. The van der Waals surface area contributed by atoms with Gasteiger partial charge < -0.3 is 20.5 Å². The van der Waals surface area contributed by atoms with Gasteiger partial charge in [0, 0.05) is 50.8 Å². The zero-order chi connectivity index (χ0) is 23.5. The number of imidazole rings is 2. The Morgan fingerprint density at radius 3 is 2.71 bits per heavy atom. The Morgan fingerprint density at radius 2 is 1.86 bits per heavy atom. The molecule has 6 rings (SSSR count). The molecule has 0 aliphatic carbocycles. The van der Waals surface area contributed by atoms with E-state index in [0.717, 1.165) is 78.8 Å². The first kappa shape index (κ1) is 21.5. The maximum atomic E-state index is 4.85. The molecule has 0 spiro atoms. The van der Waals surface area contributed by atoms with Gasteiger partial charge in [0.2, 0.25) is 11.9 Å². The minimum absolute atomic E-state index is 0.376. The highest BCUT2D eigenvalue weighted by molar-refractivity contribution is 5.76. The molecule has 5 aromatic heterocycles. The van der Waals surface area contributed by atoms with Crippen molar-refractivity contribution in [3.8, 4) is 0 Å². The summed E-state index contributed by atoms with van der Waals surface area (Å²) in [5.74, 6) is 1.66. The molecule has 178 valence electrons. The number of aromatic amines is 1. The van der Waals surface area contributed by atoms with Gasteiger partial charge >= 0.3 is 0 Å². The average Bonchev–Trinajstić information content (AvgIpc) is 3.47. The molecule has 0 bridgehead atoms. The van der Waals surface area contributed by atoms with Crippen molar-refractivity contribution in [2.24, 2.45) is 0 Å². The van der Waals surface area contributed by atoms with Crippen molar-refractivity contribution in [1.29, 1.82) is 0 Å². The Bertz CT molecular complexity index is 1370. The van der Waals surface area contributed by atoms with Crippen LogP contribution in [0.2, 0.25) is 0 Å². The number of hydrogen-bond donors (Lipinski definition) is 3. The smallest absolute Gasteiger partial charge is 0.205 e. The second-order valence-corrected chi connectivity index (χ2v) is 8.85. The van der Waals surface area contributed by atoms with Gasteiger partial charge in [0.15, 0.2) is 5.65 Å². The molecule has 0 atom stereocenters. The second kappa shape index (κ2) is 9.67. The number of piperidine rings is 1. The van der Waals surface area contributed by atoms with E-state index in [-0.39, 0.29) is 0 Å². The largest absolute Gasteiger partial charge is 0.355 e. The van der Waals surface area contributed by atoms with Crippen LogP contribution in [0.4, 0.5) is 11.9 Å². The molecule has 6 heterocycles. The van der Waals surface area contributed by atoms with E-state index in [1.807, 2.05) is 48.8 Å². The van der Waals surface area contributed by atoms with Gasteiger partial charge in [0.25, 0.3) is 0 Å². The molecule has 10 heteroatoms. The van der Waals surface area contributed by atoms with E-state index in [9.17, 15) is 0 Å². The van der Waals surface area contributed by atoms with Crippen LogP contribution in [0.5, 0.6) is 0 Å². The molecule has 1 fully saturated rings. The monoisotopic (exact) mass is 468 g/mol. The molecule has 0 aromatic carbocycles. The van der Waals surface area contributed by atoms with Crippen LogP contribution in [0.25, 0.3) is 22.2 Å². The number of anilines is 2. The number of rotatable bonds is 8. The summed E-state index contributed by atoms with van der Waals surface area (Å²) in [6.45, 7) is 4.55. The molecule has 10 nitrogen and oxygen atoms in total. The van der Waals surface area contributed by atoms with Crippen LogP contribution >= 0.6 is 0 Å². The number of aromatic nitrogens is 7. The van der Waals surface area contributed by atoms with Crippen molar-refractivity contribution in [3.05, 3.63) is 66.9 Å². The van der Waals surface area contributed by atoms with Crippen molar-refractivity contribution in [2.45, 2.75) is 25.4 Å². The van der Waals surface area contributed by atoms with Crippen LogP contribution in [0.3, 0.4) is 0 Å². The summed E-state index contributed by atoms with van der Waals surface area (Å²) in [5, 5.41) is 7.10. The van der Waals surface area contributed by atoms with E-state index < -0.39 is 0 Å². The fraction of sp³-hybridized carbons (Fsp3) is 0.320. The third-order valence-corrected chi connectivity index (χ3v) is 6.47. The van der Waals surface area contributed by atoms with Crippen molar-refractivity contribution in [1.82, 2.24) is 39.4 Å².